The number of fused-ring (bicyclic) bond motifs is 1. The van der Waals surface area contributed by atoms with Crippen molar-refractivity contribution in [3.63, 3.8) is 0 Å². The zero-order chi connectivity index (χ0) is 15.4. The maximum absolute atomic E-state index is 11.4. The summed E-state index contributed by atoms with van der Waals surface area (Å²) in [7, 11) is 0. The smallest absolute Gasteiger partial charge is 0.336 e. The summed E-state index contributed by atoms with van der Waals surface area (Å²) >= 11 is 0. The van der Waals surface area contributed by atoms with Crippen LogP contribution in [0.2, 0.25) is 0 Å². The van der Waals surface area contributed by atoms with Crippen molar-refractivity contribution in [1.29, 1.82) is 0 Å². The number of benzene rings is 1. The van der Waals surface area contributed by atoms with Gasteiger partial charge in [-0.15, -0.1) is 0 Å². The first kappa shape index (κ1) is 14.8. The molecule has 0 fully saturated rings. The van der Waals surface area contributed by atoms with E-state index in [2.05, 4.69) is 6.58 Å². The highest BCUT2D eigenvalue weighted by molar-refractivity contribution is 5.81. The first-order valence-corrected chi connectivity index (χ1v) is 6.50. The molecule has 5 nitrogen and oxygen atoms in total. The Labute approximate surface area is 121 Å². The van der Waals surface area contributed by atoms with Gasteiger partial charge in [0, 0.05) is 23.6 Å². The number of carbonyl (C=O) groups is 1. The summed E-state index contributed by atoms with van der Waals surface area (Å²) in [6, 6.07) is 6.69. The summed E-state index contributed by atoms with van der Waals surface area (Å²) in [5.74, 6) is 0.0454. The lowest BCUT2D eigenvalue weighted by Crippen LogP contribution is -2.20. The van der Waals surface area contributed by atoms with Crippen molar-refractivity contribution in [1.82, 2.24) is 0 Å². The first-order valence-electron chi connectivity index (χ1n) is 6.50. The summed E-state index contributed by atoms with van der Waals surface area (Å²) in [6.07, 6.45) is 0.694. The molecule has 2 aromatic rings. The molecule has 1 aromatic heterocycles. The van der Waals surface area contributed by atoms with Crippen LogP contribution in [0.25, 0.3) is 11.0 Å². The van der Waals surface area contributed by atoms with E-state index in [-0.39, 0.29) is 6.61 Å². The standard InChI is InChI=1S/C16H16O5/c1-4-15(17)20-11(3)9-19-12-5-6-13-10(2)7-16(18)21-14(13)8-12/h4-8,11H,1,9H2,2-3H3. The quantitative estimate of drug-likeness (QED) is 0.480. The van der Waals surface area contributed by atoms with Gasteiger partial charge in [0.25, 0.3) is 0 Å². The molecule has 0 aliphatic heterocycles. The molecule has 0 aliphatic rings. The Bertz CT molecular complexity index is 729. The molecule has 2 rings (SSSR count). The van der Waals surface area contributed by atoms with Gasteiger partial charge in [0.15, 0.2) is 0 Å². The Hall–Kier alpha value is -2.56. The number of hydrogen-bond acceptors (Lipinski definition) is 5. The van der Waals surface area contributed by atoms with Crippen LogP contribution in [0.3, 0.4) is 0 Å². The normalized spacial score (nSPS) is 11.9. The number of hydrogen-bond donors (Lipinski definition) is 0. The summed E-state index contributed by atoms with van der Waals surface area (Å²) in [5, 5.41) is 0.855. The van der Waals surface area contributed by atoms with Crippen LogP contribution >= 0.6 is 0 Å². The molecular weight excluding hydrogens is 272 g/mol. The molecule has 1 unspecified atom stereocenters. The minimum Gasteiger partial charge on any atom is -0.490 e. The molecule has 0 N–H and O–H groups in total. The highest BCUT2D eigenvalue weighted by Crippen LogP contribution is 2.22. The second-order valence-electron chi connectivity index (χ2n) is 4.67. The lowest BCUT2D eigenvalue weighted by atomic mass is 10.1. The first-order chi connectivity index (χ1) is 9.99. The van der Waals surface area contributed by atoms with Crippen LogP contribution in [0.5, 0.6) is 5.75 Å². The fourth-order valence-electron chi connectivity index (χ4n) is 1.89. The van der Waals surface area contributed by atoms with Gasteiger partial charge in [-0.1, -0.05) is 6.58 Å². The van der Waals surface area contributed by atoms with Crippen LogP contribution in [-0.4, -0.2) is 18.7 Å². The number of carbonyl (C=O) groups excluding carboxylic acids is 1. The van der Waals surface area contributed by atoms with Gasteiger partial charge in [-0.25, -0.2) is 9.59 Å². The molecule has 1 heterocycles. The average molecular weight is 288 g/mol. The lowest BCUT2D eigenvalue weighted by Gasteiger charge is -2.13. The topological polar surface area (TPSA) is 65.7 Å². The molecule has 0 spiro atoms. The van der Waals surface area contributed by atoms with Crippen LogP contribution in [-0.2, 0) is 9.53 Å². The van der Waals surface area contributed by atoms with E-state index < -0.39 is 17.7 Å². The lowest BCUT2D eigenvalue weighted by molar-refractivity contribution is -0.143. The molecule has 0 saturated heterocycles. The van der Waals surface area contributed by atoms with Crippen molar-refractivity contribution < 1.29 is 18.7 Å². The third-order valence-corrected chi connectivity index (χ3v) is 2.89. The zero-order valence-corrected chi connectivity index (χ0v) is 11.9. The van der Waals surface area contributed by atoms with Gasteiger partial charge >= 0.3 is 11.6 Å². The number of rotatable bonds is 5. The summed E-state index contributed by atoms with van der Waals surface area (Å²) in [5.41, 5.74) is 0.916. The van der Waals surface area contributed by atoms with Crippen molar-refractivity contribution in [2.45, 2.75) is 20.0 Å². The molecule has 110 valence electrons. The monoisotopic (exact) mass is 288 g/mol. The SMILES string of the molecule is C=CC(=O)OC(C)COc1ccc2c(C)cc(=O)oc2c1. The van der Waals surface area contributed by atoms with Gasteiger partial charge in [-0.05, 0) is 31.5 Å². The van der Waals surface area contributed by atoms with E-state index in [1.807, 2.05) is 13.0 Å². The fourth-order valence-corrected chi connectivity index (χ4v) is 1.89. The molecule has 0 radical (unpaired) electrons. The van der Waals surface area contributed by atoms with Crippen LogP contribution in [0.4, 0.5) is 0 Å². The number of aryl methyl sites for hydroxylation is 1. The van der Waals surface area contributed by atoms with Gasteiger partial charge in [-0.3, -0.25) is 0 Å². The highest BCUT2D eigenvalue weighted by atomic mass is 16.6. The van der Waals surface area contributed by atoms with E-state index in [1.54, 1.807) is 19.1 Å². The Morgan fingerprint density at radius 1 is 1.43 bits per heavy atom. The minimum absolute atomic E-state index is 0.196. The molecule has 0 amide bonds. The second kappa shape index (κ2) is 6.26. The van der Waals surface area contributed by atoms with Crippen molar-refractivity contribution in [3.8, 4) is 5.75 Å². The number of esters is 1. The molecular formula is C16H16O5. The van der Waals surface area contributed by atoms with Crippen LogP contribution < -0.4 is 10.4 Å². The maximum Gasteiger partial charge on any atom is 0.336 e. The average Bonchev–Trinajstić information content (AvgIpc) is 2.44. The van der Waals surface area contributed by atoms with Gasteiger partial charge in [-0.2, -0.15) is 0 Å². The van der Waals surface area contributed by atoms with Crippen LogP contribution in [0, 0.1) is 6.92 Å². The molecule has 1 aromatic carbocycles. The maximum atomic E-state index is 11.4. The second-order valence-corrected chi connectivity index (χ2v) is 4.67. The van der Waals surface area contributed by atoms with E-state index >= 15 is 0 Å². The van der Waals surface area contributed by atoms with Crippen molar-refractivity contribution in [2.75, 3.05) is 6.61 Å². The van der Waals surface area contributed by atoms with Gasteiger partial charge in [0.05, 0.1) is 0 Å². The third-order valence-electron chi connectivity index (χ3n) is 2.89. The Balaban J connectivity index is 2.11. The van der Waals surface area contributed by atoms with E-state index in [4.69, 9.17) is 13.9 Å². The summed E-state index contributed by atoms with van der Waals surface area (Å²) in [4.78, 5) is 22.4. The number of ether oxygens (including phenoxy) is 2. The molecule has 5 heteroatoms. The fraction of sp³-hybridized carbons (Fsp3) is 0.250. The van der Waals surface area contributed by atoms with E-state index in [9.17, 15) is 9.59 Å². The Kier molecular flexibility index (Phi) is 4.42. The predicted octanol–water partition coefficient (Wildman–Crippen LogP) is 2.60. The van der Waals surface area contributed by atoms with E-state index in [0.29, 0.717) is 11.3 Å². The highest BCUT2D eigenvalue weighted by Gasteiger charge is 2.09. The van der Waals surface area contributed by atoms with Gasteiger partial charge in [0.1, 0.15) is 24.0 Å². The van der Waals surface area contributed by atoms with Gasteiger partial charge in [0.2, 0.25) is 0 Å². The predicted molar refractivity (Wildman–Crippen MR) is 78.5 cm³/mol. The van der Waals surface area contributed by atoms with E-state index in [1.165, 1.54) is 6.07 Å². The summed E-state index contributed by atoms with van der Waals surface area (Å²) < 4.78 is 15.7. The third kappa shape index (κ3) is 3.72. The van der Waals surface area contributed by atoms with Crippen molar-refractivity contribution in [3.05, 3.63) is 52.9 Å². The van der Waals surface area contributed by atoms with E-state index in [0.717, 1.165) is 17.0 Å². The molecule has 0 bridgehead atoms. The Morgan fingerprint density at radius 2 is 2.19 bits per heavy atom. The van der Waals surface area contributed by atoms with Crippen LogP contribution in [0.1, 0.15) is 12.5 Å². The molecule has 0 aliphatic carbocycles. The van der Waals surface area contributed by atoms with Gasteiger partial charge < -0.3 is 13.9 Å². The summed E-state index contributed by atoms with van der Waals surface area (Å²) in [6.45, 7) is 7.08. The largest absolute Gasteiger partial charge is 0.490 e. The Morgan fingerprint density at radius 3 is 2.90 bits per heavy atom. The van der Waals surface area contributed by atoms with Crippen LogP contribution in [0.15, 0.2) is 46.1 Å². The van der Waals surface area contributed by atoms with Crippen molar-refractivity contribution >= 4 is 16.9 Å². The molecule has 0 saturated carbocycles. The minimum atomic E-state index is -0.494. The molecule has 1 atom stereocenters. The van der Waals surface area contributed by atoms with Crippen molar-refractivity contribution in [2.24, 2.45) is 0 Å². The zero-order valence-electron chi connectivity index (χ0n) is 11.9. The molecule has 21 heavy (non-hydrogen) atoms.